The van der Waals surface area contributed by atoms with Crippen molar-refractivity contribution >= 4 is 13.6 Å². The van der Waals surface area contributed by atoms with Crippen LogP contribution in [-0.2, 0) is 23.1 Å². The van der Waals surface area contributed by atoms with Crippen LogP contribution in [0.3, 0.4) is 0 Å². The van der Waals surface area contributed by atoms with Gasteiger partial charge in [0.15, 0.2) is 0 Å². The van der Waals surface area contributed by atoms with E-state index in [-0.39, 0.29) is 24.9 Å². The molecule has 1 fully saturated rings. The van der Waals surface area contributed by atoms with Crippen molar-refractivity contribution in [1.82, 2.24) is 0 Å². The zero-order valence-electron chi connectivity index (χ0n) is 10.7. The first-order chi connectivity index (χ1) is 8.53. The standard InChI is InChI=1S/C11H21O6P/c1-2-3-10(12)4-9-16-18(13,14)17-11-5-7-15-8-6-11/h11H,2-9H2,1H3,(H,13,14). The molecule has 1 rings (SSSR count). The molecule has 0 spiro atoms. The Balaban J connectivity index is 2.22. The lowest BCUT2D eigenvalue weighted by Gasteiger charge is -2.24. The number of rotatable bonds is 8. The van der Waals surface area contributed by atoms with Crippen LogP contribution in [0.2, 0.25) is 0 Å². The maximum absolute atomic E-state index is 11.6. The molecule has 0 aromatic carbocycles. The summed E-state index contributed by atoms with van der Waals surface area (Å²) in [4.78, 5) is 20.7. The van der Waals surface area contributed by atoms with Crippen LogP contribution in [0.15, 0.2) is 0 Å². The minimum absolute atomic E-state index is 0.0311. The minimum atomic E-state index is -4.04. The Morgan fingerprint density at radius 3 is 2.67 bits per heavy atom. The molecule has 1 unspecified atom stereocenters. The molecular weight excluding hydrogens is 259 g/mol. The van der Waals surface area contributed by atoms with Crippen LogP contribution in [0.4, 0.5) is 0 Å². The first-order valence-corrected chi connectivity index (χ1v) is 7.78. The van der Waals surface area contributed by atoms with Gasteiger partial charge in [0, 0.05) is 26.1 Å². The lowest BCUT2D eigenvalue weighted by molar-refractivity contribution is -0.119. The number of phosphoric ester groups is 1. The number of Topliss-reactive ketones (excluding diaryl/α,β-unsaturated/α-hetero) is 1. The largest absolute Gasteiger partial charge is 0.472 e. The monoisotopic (exact) mass is 280 g/mol. The van der Waals surface area contributed by atoms with Crippen LogP contribution in [0, 0.1) is 0 Å². The summed E-state index contributed by atoms with van der Waals surface area (Å²) in [6.07, 6.45) is 2.26. The van der Waals surface area contributed by atoms with Gasteiger partial charge in [-0.15, -0.1) is 0 Å². The highest BCUT2D eigenvalue weighted by atomic mass is 31.2. The minimum Gasteiger partial charge on any atom is -0.381 e. The average molecular weight is 280 g/mol. The summed E-state index contributed by atoms with van der Waals surface area (Å²) >= 11 is 0. The summed E-state index contributed by atoms with van der Waals surface area (Å²) in [7, 11) is -4.04. The fourth-order valence-electron chi connectivity index (χ4n) is 1.68. The van der Waals surface area contributed by atoms with Gasteiger partial charge >= 0.3 is 7.82 Å². The van der Waals surface area contributed by atoms with Gasteiger partial charge in [0.2, 0.25) is 0 Å². The number of carbonyl (C=O) groups excluding carboxylic acids is 1. The summed E-state index contributed by atoms with van der Waals surface area (Å²) in [5, 5.41) is 0. The fourth-order valence-corrected chi connectivity index (χ4v) is 2.65. The highest BCUT2D eigenvalue weighted by Crippen LogP contribution is 2.45. The smallest absolute Gasteiger partial charge is 0.381 e. The van der Waals surface area contributed by atoms with Gasteiger partial charge in [-0.2, -0.15) is 0 Å². The van der Waals surface area contributed by atoms with E-state index in [4.69, 9.17) is 13.8 Å². The normalized spacial score (nSPS) is 20.6. The molecule has 1 atom stereocenters. The Bertz CT molecular complexity index is 300. The first-order valence-electron chi connectivity index (χ1n) is 6.28. The van der Waals surface area contributed by atoms with Gasteiger partial charge in [0.1, 0.15) is 5.78 Å². The van der Waals surface area contributed by atoms with Crippen LogP contribution < -0.4 is 0 Å². The van der Waals surface area contributed by atoms with E-state index in [2.05, 4.69) is 0 Å². The second kappa shape index (κ2) is 8.02. The topological polar surface area (TPSA) is 82.1 Å². The van der Waals surface area contributed by atoms with E-state index in [0.717, 1.165) is 6.42 Å². The third kappa shape index (κ3) is 6.61. The van der Waals surface area contributed by atoms with E-state index in [1.54, 1.807) is 0 Å². The highest BCUT2D eigenvalue weighted by Gasteiger charge is 2.27. The molecule has 0 aliphatic carbocycles. The predicted molar refractivity (Wildman–Crippen MR) is 65.2 cm³/mol. The van der Waals surface area contributed by atoms with E-state index >= 15 is 0 Å². The Morgan fingerprint density at radius 2 is 2.06 bits per heavy atom. The highest BCUT2D eigenvalue weighted by molar-refractivity contribution is 7.47. The van der Waals surface area contributed by atoms with Gasteiger partial charge in [-0.3, -0.25) is 13.8 Å². The van der Waals surface area contributed by atoms with Gasteiger partial charge in [0.05, 0.1) is 12.7 Å². The summed E-state index contributed by atoms with van der Waals surface area (Å²) in [6, 6.07) is 0. The molecule has 6 nitrogen and oxygen atoms in total. The Hall–Kier alpha value is -0.260. The summed E-state index contributed by atoms with van der Waals surface area (Å²) in [5.41, 5.74) is 0. The Morgan fingerprint density at radius 1 is 1.39 bits per heavy atom. The van der Waals surface area contributed by atoms with Gasteiger partial charge in [-0.05, 0) is 19.3 Å². The van der Waals surface area contributed by atoms with Crippen LogP contribution >= 0.6 is 7.82 Å². The maximum Gasteiger partial charge on any atom is 0.472 e. The quantitative estimate of drug-likeness (QED) is 0.685. The molecule has 0 aromatic heterocycles. The van der Waals surface area contributed by atoms with E-state index in [9.17, 15) is 14.3 Å². The molecule has 7 heteroatoms. The molecule has 18 heavy (non-hydrogen) atoms. The maximum atomic E-state index is 11.6. The van der Waals surface area contributed by atoms with E-state index < -0.39 is 7.82 Å². The fraction of sp³-hybridized carbons (Fsp3) is 0.909. The molecular formula is C11H21O6P. The molecule has 0 bridgehead atoms. The van der Waals surface area contributed by atoms with Gasteiger partial charge in [0.25, 0.3) is 0 Å². The second-order valence-corrected chi connectivity index (χ2v) is 5.66. The lowest BCUT2D eigenvalue weighted by atomic mass is 10.2. The molecule has 1 aliphatic heterocycles. The van der Waals surface area contributed by atoms with Crippen LogP contribution in [0.25, 0.3) is 0 Å². The van der Waals surface area contributed by atoms with Crippen LogP contribution in [0.1, 0.15) is 39.0 Å². The number of ketones is 1. The number of carbonyl (C=O) groups is 1. The molecule has 0 saturated carbocycles. The molecule has 1 aliphatic rings. The number of hydrogen-bond donors (Lipinski definition) is 1. The molecule has 0 radical (unpaired) electrons. The summed E-state index contributed by atoms with van der Waals surface area (Å²) in [5.74, 6) is 0.0311. The zero-order valence-corrected chi connectivity index (χ0v) is 11.6. The Kier molecular flexibility index (Phi) is 7.04. The van der Waals surface area contributed by atoms with Crippen molar-refractivity contribution < 1.29 is 28.0 Å². The number of hydrogen-bond acceptors (Lipinski definition) is 5. The van der Waals surface area contributed by atoms with Gasteiger partial charge in [-0.25, -0.2) is 4.57 Å². The SMILES string of the molecule is CCCC(=O)CCOP(=O)(O)OC1CCOCC1. The van der Waals surface area contributed by atoms with Crippen molar-refractivity contribution in [1.29, 1.82) is 0 Å². The molecule has 1 saturated heterocycles. The van der Waals surface area contributed by atoms with Gasteiger partial charge in [-0.1, -0.05) is 6.92 Å². The number of phosphoric acid groups is 1. The third-order valence-corrected chi connectivity index (χ3v) is 3.69. The second-order valence-electron chi connectivity index (χ2n) is 4.26. The zero-order chi connectivity index (χ0) is 13.4. The summed E-state index contributed by atoms with van der Waals surface area (Å²) in [6.45, 7) is 2.89. The molecule has 1 N–H and O–H groups in total. The van der Waals surface area contributed by atoms with Crippen LogP contribution in [0.5, 0.6) is 0 Å². The summed E-state index contributed by atoms with van der Waals surface area (Å²) < 4.78 is 26.5. The number of ether oxygens (including phenoxy) is 1. The molecule has 1 heterocycles. The van der Waals surface area contributed by atoms with E-state index in [1.165, 1.54) is 0 Å². The van der Waals surface area contributed by atoms with Crippen molar-refractivity contribution in [2.24, 2.45) is 0 Å². The van der Waals surface area contributed by atoms with Crippen molar-refractivity contribution in [3.05, 3.63) is 0 Å². The van der Waals surface area contributed by atoms with Gasteiger partial charge < -0.3 is 9.63 Å². The van der Waals surface area contributed by atoms with Crippen molar-refractivity contribution in [3.63, 3.8) is 0 Å². The molecule has 0 amide bonds. The van der Waals surface area contributed by atoms with Crippen molar-refractivity contribution in [3.8, 4) is 0 Å². The van der Waals surface area contributed by atoms with Crippen molar-refractivity contribution in [2.45, 2.75) is 45.1 Å². The average Bonchev–Trinajstić information content (AvgIpc) is 2.29. The molecule has 0 aromatic rings. The molecule has 106 valence electrons. The first kappa shape index (κ1) is 15.8. The lowest BCUT2D eigenvalue weighted by Crippen LogP contribution is -2.22. The third-order valence-electron chi connectivity index (χ3n) is 2.61. The predicted octanol–water partition coefficient (Wildman–Crippen LogP) is 2.06. The Labute approximate surface area is 107 Å². The van der Waals surface area contributed by atoms with E-state index in [0.29, 0.717) is 32.5 Å². The van der Waals surface area contributed by atoms with E-state index in [1.807, 2.05) is 6.92 Å². The van der Waals surface area contributed by atoms with Crippen molar-refractivity contribution in [2.75, 3.05) is 19.8 Å². The van der Waals surface area contributed by atoms with Crippen LogP contribution in [-0.4, -0.2) is 36.6 Å².